The number of para-hydroxylation sites is 1. The van der Waals surface area contributed by atoms with Crippen LogP contribution < -0.4 is 5.32 Å². The summed E-state index contributed by atoms with van der Waals surface area (Å²) >= 11 is 0. The first-order chi connectivity index (χ1) is 11.8. The molecule has 0 radical (unpaired) electrons. The molecule has 1 aliphatic carbocycles. The summed E-state index contributed by atoms with van der Waals surface area (Å²) in [6.07, 6.45) is 6.32. The SMILES string of the molecule is Cc1[nH]nc2c1C(NCCc1ccnn1-c1ccccc1)CCC2. The summed E-state index contributed by atoms with van der Waals surface area (Å²) in [6.45, 7) is 3.06. The number of aryl methyl sites for hydroxylation is 2. The van der Waals surface area contributed by atoms with E-state index in [9.17, 15) is 0 Å². The highest BCUT2D eigenvalue weighted by molar-refractivity contribution is 5.33. The second kappa shape index (κ2) is 6.61. The lowest BCUT2D eigenvalue weighted by molar-refractivity contribution is 0.458. The van der Waals surface area contributed by atoms with Crippen LogP contribution in [-0.4, -0.2) is 26.5 Å². The summed E-state index contributed by atoms with van der Waals surface area (Å²) in [4.78, 5) is 0. The summed E-state index contributed by atoms with van der Waals surface area (Å²) in [6, 6.07) is 12.8. The first-order valence-corrected chi connectivity index (χ1v) is 8.68. The van der Waals surface area contributed by atoms with Crippen LogP contribution in [0.25, 0.3) is 5.69 Å². The van der Waals surface area contributed by atoms with Crippen molar-refractivity contribution in [2.24, 2.45) is 0 Å². The van der Waals surface area contributed by atoms with E-state index in [0.717, 1.165) is 25.1 Å². The molecule has 0 saturated carbocycles. The molecule has 2 heterocycles. The van der Waals surface area contributed by atoms with Crippen molar-refractivity contribution in [3.05, 3.63) is 65.2 Å². The number of rotatable bonds is 5. The van der Waals surface area contributed by atoms with Gasteiger partial charge in [0.25, 0.3) is 0 Å². The predicted molar refractivity (Wildman–Crippen MR) is 94.3 cm³/mol. The Morgan fingerprint density at radius 1 is 1.25 bits per heavy atom. The van der Waals surface area contributed by atoms with Crippen molar-refractivity contribution in [2.45, 2.75) is 38.6 Å². The van der Waals surface area contributed by atoms with Gasteiger partial charge in [0.05, 0.1) is 11.4 Å². The van der Waals surface area contributed by atoms with Crippen molar-refractivity contribution < 1.29 is 0 Å². The monoisotopic (exact) mass is 321 g/mol. The van der Waals surface area contributed by atoms with Gasteiger partial charge in [-0.3, -0.25) is 5.10 Å². The van der Waals surface area contributed by atoms with Crippen LogP contribution in [-0.2, 0) is 12.8 Å². The van der Waals surface area contributed by atoms with E-state index in [1.807, 2.05) is 29.1 Å². The molecule has 1 atom stereocenters. The minimum absolute atomic E-state index is 0.417. The molecular weight excluding hydrogens is 298 g/mol. The molecule has 1 unspecified atom stereocenters. The molecule has 0 saturated heterocycles. The Balaban J connectivity index is 1.43. The predicted octanol–water partition coefficient (Wildman–Crippen LogP) is 3.11. The standard InChI is InChI=1S/C19H23N5/c1-14-19-17(8-5-9-18(19)23-22-14)20-12-10-16-11-13-21-24(16)15-6-3-2-4-7-15/h2-4,6-7,11,13,17,20H,5,8-10,12H2,1H3,(H,22,23). The molecule has 3 aromatic rings. The lowest BCUT2D eigenvalue weighted by Crippen LogP contribution is -2.27. The highest BCUT2D eigenvalue weighted by atomic mass is 15.3. The average molecular weight is 321 g/mol. The number of aromatic nitrogens is 4. The maximum absolute atomic E-state index is 4.47. The minimum atomic E-state index is 0.417. The number of nitrogens with one attached hydrogen (secondary N) is 2. The molecule has 2 aromatic heterocycles. The van der Waals surface area contributed by atoms with Crippen LogP contribution in [0.2, 0.25) is 0 Å². The molecule has 0 bridgehead atoms. The molecule has 5 nitrogen and oxygen atoms in total. The minimum Gasteiger partial charge on any atom is -0.309 e. The maximum Gasteiger partial charge on any atom is 0.0672 e. The van der Waals surface area contributed by atoms with E-state index in [-0.39, 0.29) is 0 Å². The molecular formula is C19H23N5. The van der Waals surface area contributed by atoms with Crippen LogP contribution >= 0.6 is 0 Å². The van der Waals surface area contributed by atoms with Crippen molar-refractivity contribution >= 4 is 0 Å². The van der Waals surface area contributed by atoms with Gasteiger partial charge in [0.15, 0.2) is 0 Å². The number of aromatic amines is 1. The number of hydrogen-bond donors (Lipinski definition) is 2. The zero-order valence-electron chi connectivity index (χ0n) is 14.0. The van der Waals surface area contributed by atoms with Gasteiger partial charge in [-0.25, -0.2) is 4.68 Å². The van der Waals surface area contributed by atoms with Crippen LogP contribution in [0.1, 0.15) is 41.5 Å². The Bertz CT molecular complexity index is 802. The Labute approximate surface area is 142 Å². The number of fused-ring (bicyclic) bond motifs is 1. The van der Waals surface area contributed by atoms with E-state index >= 15 is 0 Å². The van der Waals surface area contributed by atoms with E-state index in [1.54, 1.807) is 0 Å². The maximum atomic E-state index is 4.47. The Kier molecular flexibility index (Phi) is 4.17. The van der Waals surface area contributed by atoms with Crippen molar-refractivity contribution in [1.29, 1.82) is 0 Å². The van der Waals surface area contributed by atoms with Crippen LogP contribution in [0.3, 0.4) is 0 Å². The lowest BCUT2D eigenvalue weighted by Gasteiger charge is -2.24. The third-order valence-electron chi connectivity index (χ3n) is 4.82. The third-order valence-corrected chi connectivity index (χ3v) is 4.82. The fourth-order valence-electron chi connectivity index (χ4n) is 3.66. The second-order valence-corrected chi connectivity index (χ2v) is 6.43. The van der Waals surface area contributed by atoms with E-state index in [2.05, 4.69) is 45.7 Å². The second-order valence-electron chi connectivity index (χ2n) is 6.43. The Morgan fingerprint density at radius 2 is 2.12 bits per heavy atom. The van der Waals surface area contributed by atoms with Gasteiger partial charge >= 0.3 is 0 Å². The fraction of sp³-hybridized carbons (Fsp3) is 0.368. The smallest absolute Gasteiger partial charge is 0.0672 e. The van der Waals surface area contributed by atoms with Gasteiger partial charge in [-0.1, -0.05) is 18.2 Å². The topological polar surface area (TPSA) is 58.5 Å². The van der Waals surface area contributed by atoms with Crippen LogP contribution in [0.5, 0.6) is 0 Å². The summed E-state index contributed by atoms with van der Waals surface area (Å²) < 4.78 is 2.02. The largest absolute Gasteiger partial charge is 0.309 e. The number of H-pyrrole nitrogens is 1. The Morgan fingerprint density at radius 3 is 3.00 bits per heavy atom. The van der Waals surface area contributed by atoms with Crippen LogP contribution in [0.4, 0.5) is 0 Å². The summed E-state index contributed by atoms with van der Waals surface area (Å²) in [7, 11) is 0. The third kappa shape index (κ3) is 2.87. The first kappa shape index (κ1) is 15.1. The summed E-state index contributed by atoms with van der Waals surface area (Å²) in [5.41, 5.74) is 6.18. The molecule has 1 aliphatic rings. The van der Waals surface area contributed by atoms with E-state index in [0.29, 0.717) is 6.04 Å². The summed E-state index contributed by atoms with van der Waals surface area (Å²) in [5, 5.41) is 15.8. The van der Waals surface area contributed by atoms with Crippen LogP contribution in [0, 0.1) is 6.92 Å². The molecule has 4 rings (SSSR count). The number of hydrogen-bond acceptors (Lipinski definition) is 3. The normalized spacial score (nSPS) is 17.0. The van der Waals surface area contributed by atoms with Gasteiger partial charge in [-0.2, -0.15) is 10.2 Å². The van der Waals surface area contributed by atoms with Gasteiger partial charge < -0.3 is 5.32 Å². The van der Waals surface area contributed by atoms with E-state index in [4.69, 9.17) is 0 Å². The molecule has 0 spiro atoms. The Hall–Kier alpha value is -2.40. The van der Waals surface area contributed by atoms with E-state index < -0.39 is 0 Å². The molecule has 0 aliphatic heterocycles. The molecule has 1 aromatic carbocycles. The van der Waals surface area contributed by atoms with Gasteiger partial charge in [0, 0.05) is 42.2 Å². The zero-order valence-corrected chi connectivity index (χ0v) is 14.0. The van der Waals surface area contributed by atoms with Gasteiger partial charge in [0.2, 0.25) is 0 Å². The van der Waals surface area contributed by atoms with Crippen molar-refractivity contribution in [3.63, 3.8) is 0 Å². The number of benzene rings is 1. The number of nitrogens with zero attached hydrogens (tertiary/aromatic N) is 3. The quantitative estimate of drug-likeness (QED) is 0.759. The van der Waals surface area contributed by atoms with Crippen LogP contribution in [0.15, 0.2) is 42.6 Å². The fourth-order valence-corrected chi connectivity index (χ4v) is 3.66. The van der Waals surface area contributed by atoms with Gasteiger partial charge in [0.1, 0.15) is 0 Å². The van der Waals surface area contributed by atoms with Crippen molar-refractivity contribution in [3.8, 4) is 5.69 Å². The zero-order chi connectivity index (χ0) is 16.4. The lowest BCUT2D eigenvalue weighted by atomic mass is 9.91. The highest BCUT2D eigenvalue weighted by Crippen LogP contribution is 2.30. The summed E-state index contributed by atoms with van der Waals surface area (Å²) in [5.74, 6) is 0. The molecule has 0 amide bonds. The van der Waals surface area contributed by atoms with E-state index in [1.165, 1.54) is 35.5 Å². The molecule has 2 N–H and O–H groups in total. The molecule has 124 valence electrons. The molecule has 24 heavy (non-hydrogen) atoms. The van der Waals surface area contributed by atoms with Crippen molar-refractivity contribution in [1.82, 2.24) is 25.3 Å². The average Bonchev–Trinajstić information content (AvgIpc) is 3.23. The molecule has 0 fully saturated rings. The highest BCUT2D eigenvalue weighted by Gasteiger charge is 2.24. The van der Waals surface area contributed by atoms with Gasteiger partial charge in [-0.05, 0) is 44.4 Å². The first-order valence-electron chi connectivity index (χ1n) is 8.68. The van der Waals surface area contributed by atoms with Gasteiger partial charge in [-0.15, -0.1) is 0 Å². The van der Waals surface area contributed by atoms with Crippen molar-refractivity contribution in [2.75, 3.05) is 6.54 Å². The molecule has 5 heteroatoms.